The molecule has 0 saturated carbocycles. The van der Waals surface area contributed by atoms with Gasteiger partial charge in [-0.15, -0.1) is 0 Å². The number of rotatable bonds is 16. The molecule has 0 amide bonds. The highest BCUT2D eigenvalue weighted by atomic mass is 32.2. The monoisotopic (exact) mass is 490 g/mol. The largest absolute Gasteiger partial charge is 0.480 e. The Morgan fingerprint density at radius 2 is 1.06 bits per heavy atom. The molecule has 0 aliphatic heterocycles. The smallest absolute Gasteiger partial charge is 0.320 e. The summed E-state index contributed by atoms with van der Waals surface area (Å²) in [7, 11) is -8.10. The van der Waals surface area contributed by atoms with E-state index in [0.717, 1.165) is 0 Å². The molecule has 0 aliphatic carbocycles. The van der Waals surface area contributed by atoms with Gasteiger partial charge < -0.3 is 21.7 Å². The zero-order chi connectivity index (χ0) is 24.7. The molecule has 6 N–H and O–H groups in total. The maximum Gasteiger partial charge on any atom is 0.320 e. The average molecular weight is 491 g/mol. The minimum atomic E-state index is -4.05. The van der Waals surface area contributed by atoms with Crippen molar-refractivity contribution in [2.24, 2.45) is 22.3 Å². The highest BCUT2D eigenvalue weighted by Gasteiger charge is 2.29. The zero-order valence-corrected chi connectivity index (χ0v) is 19.9. The van der Waals surface area contributed by atoms with Crippen LogP contribution in [0.1, 0.15) is 47.0 Å². The second kappa shape index (κ2) is 11.5. The zero-order valence-electron chi connectivity index (χ0n) is 18.2. The van der Waals surface area contributed by atoms with E-state index in [1.807, 2.05) is 0 Å². The van der Waals surface area contributed by atoms with Crippen molar-refractivity contribution >= 4 is 32.2 Å². The summed E-state index contributed by atoms with van der Waals surface area (Å²) in [5.41, 5.74) is 9.24. The third-order valence-corrected chi connectivity index (χ3v) is 6.76. The summed E-state index contributed by atoms with van der Waals surface area (Å²) in [5.74, 6) is -3.59. The van der Waals surface area contributed by atoms with E-state index in [4.69, 9.17) is 30.0 Å². The first-order valence-corrected chi connectivity index (χ1v) is 12.6. The lowest BCUT2D eigenvalue weighted by atomic mass is 9.87. The molecule has 0 saturated heterocycles. The lowest BCUT2D eigenvalue weighted by Gasteiger charge is -2.26. The van der Waals surface area contributed by atoms with Crippen LogP contribution in [-0.4, -0.2) is 75.8 Å². The van der Waals surface area contributed by atoms with Crippen LogP contribution < -0.4 is 11.5 Å². The van der Waals surface area contributed by atoms with Crippen molar-refractivity contribution in [3.63, 3.8) is 0 Å². The van der Waals surface area contributed by atoms with Crippen molar-refractivity contribution in [1.29, 1.82) is 0 Å². The standard InChI is InChI=1S/C17H34N2O10S2/c1-16(2,8-12(18)14(20)21)10-28-30(24,25)6-5-7-31(26,27)29-11-17(3,4)9-13(19)15(22)23/h12-13H,5-11,18-19H2,1-4H3,(H,20,21)(H,22,23)/t12-,13?/m1/s1. The summed E-state index contributed by atoms with van der Waals surface area (Å²) in [4.78, 5) is 21.7. The average Bonchev–Trinajstić information content (AvgIpc) is 2.57. The Bertz CT molecular complexity index is 754. The maximum atomic E-state index is 12.0. The molecular weight excluding hydrogens is 456 g/mol. The number of carbonyl (C=O) groups is 2. The third kappa shape index (κ3) is 13.6. The van der Waals surface area contributed by atoms with Crippen molar-refractivity contribution < 1.29 is 45.0 Å². The first kappa shape index (κ1) is 29.7. The molecule has 0 fully saturated rings. The SMILES string of the molecule is CC(C)(COS(=O)(=O)CCCS(=O)(=O)OCC(C)(C)C[C@@H](N)C(=O)O)CC(N)C(=O)O. The van der Waals surface area contributed by atoms with E-state index < -0.39 is 66.6 Å². The minimum absolute atomic E-state index is 0.0125. The van der Waals surface area contributed by atoms with Gasteiger partial charge in [-0.3, -0.25) is 18.0 Å². The van der Waals surface area contributed by atoms with E-state index in [2.05, 4.69) is 0 Å². The van der Waals surface area contributed by atoms with E-state index in [1.165, 1.54) is 0 Å². The molecule has 14 heteroatoms. The second-order valence-electron chi connectivity index (χ2n) is 9.03. The van der Waals surface area contributed by atoms with E-state index >= 15 is 0 Å². The van der Waals surface area contributed by atoms with Crippen LogP contribution in [0.25, 0.3) is 0 Å². The van der Waals surface area contributed by atoms with Gasteiger partial charge in [0.15, 0.2) is 0 Å². The lowest BCUT2D eigenvalue weighted by molar-refractivity contribution is -0.140. The molecular formula is C17H34N2O10S2. The van der Waals surface area contributed by atoms with Crippen LogP contribution in [0.5, 0.6) is 0 Å². The molecule has 0 bridgehead atoms. The molecule has 0 aliphatic rings. The summed E-state index contributed by atoms with van der Waals surface area (Å²) in [5, 5.41) is 17.7. The fourth-order valence-electron chi connectivity index (χ4n) is 2.51. The summed E-state index contributed by atoms with van der Waals surface area (Å²) in [6, 6.07) is -2.34. The predicted molar refractivity (Wildman–Crippen MR) is 112 cm³/mol. The summed E-state index contributed by atoms with van der Waals surface area (Å²) in [6.07, 6.45) is -0.308. The van der Waals surface area contributed by atoms with Gasteiger partial charge in [0.2, 0.25) is 0 Å². The molecule has 0 rings (SSSR count). The van der Waals surface area contributed by atoms with Crippen molar-refractivity contribution in [3.8, 4) is 0 Å². The van der Waals surface area contributed by atoms with Crippen LogP contribution in [0.3, 0.4) is 0 Å². The molecule has 2 atom stereocenters. The van der Waals surface area contributed by atoms with E-state index in [0.29, 0.717) is 0 Å². The molecule has 184 valence electrons. The van der Waals surface area contributed by atoms with Crippen molar-refractivity contribution in [1.82, 2.24) is 0 Å². The molecule has 1 unspecified atom stereocenters. The molecule has 0 heterocycles. The Balaban J connectivity index is 4.57. The highest BCUT2D eigenvalue weighted by molar-refractivity contribution is 7.87. The van der Waals surface area contributed by atoms with Crippen LogP contribution in [-0.2, 0) is 38.2 Å². The fraction of sp³-hybridized carbons (Fsp3) is 0.882. The van der Waals surface area contributed by atoms with E-state index in [9.17, 15) is 26.4 Å². The summed E-state index contributed by atoms with van der Waals surface area (Å²) in [6.45, 7) is 5.78. The van der Waals surface area contributed by atoms with Gasteiger partial charge in [0.1, 0.15) is 12.1 Å². The van der Waals surface area contributed by atoms with Gasteiger partial charge >= 0.3 is 11.9 Å². The number of carboxylic acid groups (broad SMARTS) is 2. The van der Waals surface area contributed by atoms with Crippen LogP contribution in [0.15, 0.2) is 0 Å². The van der Waals surface area contributed by atoms with Gasteiger partial charge in [0.25, 0.3) is 20.2 Å². The fourth-order valence-corrected chi connectivity index (χ4v) is 4.92. The van der Waals surface area contributed by atoms with E-state index in [-0.39, 0.29) is 32.5 Å². The maximum absolute atomic E-state index is 12.0. The van der Waals surface area contributed by atoms with Gasteiger partial charge in [0.05, 0.1) is 24.7 Å². The van der Waals surface area contributed by atoms with Crippen molar-refractivity contribution in [2.75, 3.05) is 24.7 Å². The molecule has 0 spiro atoms. The summed E-state index contributed by atoms with van der Waals surface area (Å²) < 4.78 is 57.8. The Labute approximate surface area is 183 Å². The third-order valence-electron chi connectivity index (χ3n) is 4.23. The number of hydrogen-bond acceptors (Lipinski definition) is 10. The number of nitrogens with two attached hydrogens (primary N) is 2. The van der Waals surface area contributed by atoms with Crippen molar-refractivity contribution in [3.05, 3.63) is 0 Å². The molecule has 0 aromatic carbocycles. The normalized spacial score (nSPS) is 15.4. The number of aliphatic carboxylic acids is 2. The Kier molecular flexibility index (Phi) is 11.0. The van der Waals surface area contributed by atoms with Crippen LogP contribution in [0, 0.1) is 10.8 Å². The Hall–Kier alpha value is -1.32. The van der Waals surface area contributed by atoms with Gasteiger partial charge in [0, 0.05) is 0 Å². The topological polar surface area (TPSA) is 213 Å². The van der Waals surface area contributed by atoms with Crippen LogP contribution >= 0.6 is 0 Å². The quantitative estimate of drug-likeness (QED) is 0.206. The molecule has 31 heavy (non-hydrogen) atoms. The highest BCUT2D eigenvalue weighted by Crippen LogP contribution is 2.24. The number of hydrogen-bond donors (Lipinski definition) is 4. The molecule has 0 aromatic rings. The number of carboxylic acids is 2. The second-order valence-corrected chi connectivity index (χ2v) is 12.5. The minimum Gasteiger partial charge on any atom is -0.480 e. The van der Waals surface area contributed by atoms with E-state index in [1.54, 1.807) is 27.7 Å². The molecule has 12 nitrogen and oxygen atoms in total. The Morgan fingerprint density at radius 1 is 0.774 bits per heavy atom. The van der Waals surface area contributed by atoms with Gasteiger partial charge in [-0.25, -0.2) is 0 Å². The molecule has 0 aromatic heterocycles. The van der Waals surface area contributed by atoms with Gasteiger partial charge in [-0.2, -0.15) is 16.8 Å². The molecule has 0 radical (unpaired) electrons. The van der Waals surface area contributed by atoms with Gasteiger partial charge in [-0.05, 0) is 30.1 Å². The van der Waals surface area contributed by atoms with Gasteiger partial charge in [-0.1, -0.05) is 27.7 Å². The summed E-state index contributed by atoms with van der Waals surface area (Å²) >= 11 is 0. The predicted octanol–water partition coefficient (Wildman–Crippen LogP) is -0.274. The van der Waals surface area contributed by atoms with Crippen molar-refractivity contribution in [2.45, 2.75) is 59.0 Å². The Morgan fingerprint density at radius 3 is 1.32 bits per heavy atom. The first-order chi connectivity index (χ1) is 13.8. The lowest BCUT2D eigenvalue weighted by Crippen LogP contribution is -2.37. The first-order valence-electron chi connectivity index (χ1n) is 9.48. The van der Waals surface area contributed by atoms with Crippen LogP contribution in [0.4, 0.5) is 0 Å². The van der Waals surface area contributed by atoms with Crippen LogP contribution in [0.2, 0.25) is 0 Å².